The van der Waals surface area contributed by atoms with Gasteiger partial charge in [-0.3, -0.25) is 9.80 Å². The van der Waals surface area contributed by atoms with E-state index in [4.69, 9.17) is 0 Å². The molecule has 1 aliphatic rings. The Labute approximate surface area is 145 Å². The van der Waals surface area contributed by atoms with Gasteiger partial charge < -0.3 is 10.1 Å². The zero-order chi connectivity index (χ0) is 16.9. The van der Waals surface area contributed by atoms with Gasteiger partial charge in [-0.25, -0.2) is 0 Å². The summed E-state index contributed by atoms with van der Waals surface area (Å²) >= 11 is 0. The number of hydrogen-bond acceptors (Lipinski definition) is 3. The fraction of sp³-hybridized carbons (Fsp3) is 0.600. The Kier molecular flexibility index (Phi) is 5.93. The van der Waals surface area contributed by atoms with Gasteiger partial charge in [-0.2, -0.15) is 0 Å². The molecule has 1 unspecified atom stereocenters. The number of para-hydroxylation sites is 1. The highest BCUT2D eigenvalue weighted by atomic mass is 16.3. The van der Waals surface area contributed by atoms with E-state index in [-0.39, 0.29) is 6.61 Å². The average molecular weight is 329 g/mol. The third kappa shape index (κ3) is 4.18. The number of aromatic amines is 1. The third-order valence-corrected chi connectivity index (χ3v) is 5.21. The number of rotatable bonds is 7. The molecule has 0 radical (unpaired) electrons. The molecule has 0 spiro atoms. The standard InChI is InChI=1S/C20H31N3O/c1-16(2)7-9-23-11-10-22(15-18(23)8-12-24)14-17-13-21-20-6-4-3-5-19(17)20/h3-6,13,16,18,21,24H,7-12,14-15H2,1-2H3. The predicted molar refractivity (Wildman–Crippen MR) is 100 cm³/mol. The first kappa shape index (κ1) is 17.5. The molecular formula is C20H31N3O. The van der Waals surface area contributed by atoms with Crippen molar-refractivity contribution in [1.82, 2.24) is 14.8 Å². The molecule has 1 aromatic heterocycles. The van der Waals surface area contributed by atoms with E-state index >= 15 is 0 Å². The van der Waals surface area contributed by atoms with Gasteiger partial charge in [-0.1, -0.05) is 32.0 Å². The Hall–Kier alpha value is -1.36. The molecule has 1 aromatic carbocycles. The number of hydrogen-bond donors (Lipinski definition) is 2. The van der Waals surface area contributed by atoms with E-state index in [1.54, 1.807) is 0 Å². The van der Waals surface area contributed by atoms with E-state index in [1.807, 2.05) is 0 Å². The van der Waals surface area contributed by atoms with Crippen molar-refractivity contribution in [3.8, 4) is 0 Å². The van der Waals surface area contributed by atoms with Gasteiger partial charge in [0.1, 0.15) is 0 Å². The van der Waals surface area contributed by atoms with E-state index < -0.39 is 0 Å². The highest BCUT2D eigenvalue weighted by Crippen LogP contribution is 2.22. The molecule has 1 aliphatic heterocycles. The Morgan fingerprint density at radius 2 is 2.08 bits per heavy atom. The van der Waals surface area contributed by atoms with Crippen LogP contribution in [0.15, 0.2) is 30.5 Å². The van der Waals surface area contributed by atoms with Crippen LogP contribution in [0.1, 0.15) is 32.3 Å². The summed E-state index contributed by atoms with van der Waals surface area (Å²) in [4.78, 5) is 8.51. The van der Waals surface area contributed by atoms with Crippen LogP contribution in [-0.4, -0.2) is 58.7 Å². The van der Waals surface area contributed by atoms with Crippen molar-refractivity contribution in [3.05, 3.63) is 36.0 Å². The second-order valence-electron chi connectivity index (χ2n) is 7.48. The Bertz CT molecular complexity index is 637. The van der Waals surface area contributed by atoms with Crippen LogP contribution in [0.5, 0.6) is 0 Å². The maximum atomic E-state index is 9.45. The summed E-state index contributed by atoms with van der Waals surface area (Å²) in [7, 11) is 0. The van der Waals surface area contributed by atoms with Crippen molar-refractivity contribution in [1.29, 1.82) is 0 Å². The summed E-state index contributed by atoms with van der Waals surface area (Å²) in [6, 6.07) is 9.00. The molecule has 4 nitrogen and oxygen atoms in total. The third-order valence-electron chi connectivity index (χ3n) is 5.21. The molecule has 2 N–H and O–H groups in total. The molecule has 24 heavy (non-hydrogen) atoms. The second-order valence-corrected chi connectivity index (χ2v) is 7.48. The smallest absolute Gasteiger partial charge is 0.0457 e. The normalized spacial score (nSPS) is 20.2. The van der Waals surface area contributed by atoms with E-state index in [9.17, 15) is 5.11 Å². The molecule has 0 bridgehead atoms. The summed E-state index contributed by atoms with van der Waals surface area (Å²) < 4.78 is 0. The fourth-order valence-corrected chi connectivity index (χ4v) is 3.75. The highest BCUT2D eigenvalue weighted by Gasteiger charge is 2.26. The minimum atomic E-state index is 0.282. The number of benzene rings is 1. The lowest BCUT2D eigenvalue weighted by atomic mass is 10.0. The van der Waals surface area contributed by atoms with Crippen LogP contribution in [0, 0.1) is 5.92 Å². The SMILES string of the molecule is CC(C)CCN1CCN(Cc2c[nH]c3ccccc23)CC1CCO. The topological polar surface area (TPSA) is 42.5 Å². The first-order chi connectivity index (χ1) is 11.7. The zero-order valence-electron chi connectivity index (χ0n) is 15.0. The molecule has 0 amide bonds. The maximum Gasteiger partial charge on any atom is 0.0457 e. The highest BCUT2D eigenvalue weighted by molar-refractivity contribution is 5.82. The predicted octanol–water partition coefficient (Wildman–Crippen LogP) is 3.08. The van der Waals surface area contributed by atoms with Gasteiger partial charge in [0.15, 0.2) is 0 Å². The summed E-state index contributed by atoms with van der Waals surface area (Å²) in [5, 5.41) is 10.8. The van der Waals surface area contributed by atoms with Crippen molar-refractivity contribution in [2.45, 2.75) is 39.3 Å². The lowest BCUT2D eigenvalue weighted by Crippen LogP contribution is -2.53. The number of aliphatic hydroxyl groups is 1. The number of piperazine rings is 1. The minimum absolute atomic E-state index is 0.282. The van der Waals surface area contributed by atoms with Crippen LogP contribution < -0.4 is 0 Å². The zero-order valence-corrected chi connectivity index (χ0v) is 15.0. The first-order valence-corrected chi connectivity index (χ1v) is 9.29. The molecule has 2 heterocycles. The van der Waals surface area contributed by atoms with E-state index in [2.05, 4.69) is 59.1 Å². The lowest BCUT2D eigenvalue weighted by Gasteiger charge is -2.41. The Morgan fingerprint density at radius 3 is 2.88 bits per heavy atom. The van der Waals surface area contributed by atoms with Gasteiger partial charge in [0.2, 0.25) is 0 Å². The minimum Gasteiger partial charge on any atom is -0.396 e. The van der Waals surface area contributed by atoms with Gasteiger partial charge in [0, 0.05) is 55.9 Å². The van der Waals surface area contributed by atoms with E-state index in [1.165, 1.54) is 22.9 Å². The number of aromatic nitrogens is 1. The molecule has 4 heteroatoms. The number of aliphatic hydroxyl groups excluding tert-OH is 1. The molecule has 0 saturated carbocycles. The summed E-state index contributed by atoms with van der Waals surface area (Å²) in [6.45, 7) is 10.3. The Morgan fingerprint density at radius 1 is 1.25 bits per heavy atom. The lowest BCUT2D eigenvalue weighted by molar-refractivity contribution is 0.0526. The fourth-order valence-electron chi connectivity index (χ4n) is 3.75. The molecule has 0 aliphatic carbocycles. The number of fused-ring (bicyclic) bond motifs is 1. The quantitative estimate of drug-likeness (QED) is 0.820. The first-order valence-electron chi connectivity index (χ1n) is 9.29. The van der Waals surface area contributed by atoms with Crippen molar-refractivity contribution >= 4 is 10.9 Å². The summed E-state index contributed by atoms with van der Waals surface area (Å²) in [5.74, 6) is 0.740. The van der Waals surface area contributed by atoms with Gasteiger partial charge in [-0.15, -0.1) is 0 Å². The summed E-state index contributed by atoms with van der Waals surface area (Å²) in [6.07, 6.45) is 4.27. The largest absolute Gasteiger partial charge is 0.396 e. The molecule has 3 rings (SSSR count). The molecular weight excluding hydrogens is 298 g/mol. The van der Waals surface area contributed by atoms with Crippen LogP contribution in [0.4, 0.5) is 0 Å². The Balaban J connectivity index is 1.63. The average Bonchev–Trinajstić information content (AvgIpc) is 2.97. The van der Waals surface area contributed by atoms with Crippen molar-refractivity contribution in [2.75, 3.05) is 32.8 Å². The van der Waals surface area contributed by atoms with Gasteiger partial charge >= 0.3 is 0 Å². The van der Waals surface area contributed by atoms with E-state index in [0.29, 0.717) is 6.04 Å². The number of nitrogens with zero attached hydrogens (tertiary/aromatic N) is 2. The van der Waals surface area contributed by atoms with Crippen LogP contribution in [-0.2, 0) is 6.54 Å². The van der Waals surface area contributed by atoms with Gasteiger partial charge in [-0.05, 0) is 36.9 Å². The molecule has 1 saturated heterocycles. The summed E-state index contributed by atoms with van der Waals surface area (Å²) in [5.41, 5.74) is 2.60. The number of H-pyrrole nitrogens is 1. The van der Waals surface area contributed by atoms with Crippen LogP contribution in [0.3, 0.4) is 0 Å². The molecule has 1 atom stereocenters. The van der Waals surface area contributed by atoms with Crippen molar-refractivity contribution < 1.29 is 5.11 Å². The maximum absolute atomic E-state index is 9.45. The van der Waals surface area contributed by atoms with Crippen molar-refractivity contribution in [3.63, 3.8) is 0 Å². The number of nitrogens with one attached hydrogen (secondary N) is 1. The van der Waals surface area contributed by atoms with Crippen LogP contribution >= 0.6 is 0 Å². The molecule has 1 fully saturated rings. The van der Waals surface area contributed by atoms with Crippen molar-refractivity contribution in [2.24, 2.45) is 5.92 Å². The van der Waals surface area contributed by atoms with E-state index in [0.717, 1.165) is 45.1 Å². The molecule has 132 valence electrons. The van der Waals surface area contributed by atoms with Crippen LogP contribution in [0.2, 0.25) is 0 Å². The monoisotopic (exact) mass is 329 g/mol. The molecule has 2 aromatic rings. The second kappa shape index (κ2) is 8.15. The van der Waals surface area contributed by atoms with Gasteiger partial charge in [0.05, 0.1) is 0 Å². The van der Waals surface area contributed by atoms with Gasteiger partial charge in [0.25, 0.3) is 0 Å². The van der Waals surface area contributed by atoms with Crippen LogP contribution in [0.25, 0.3) is 10.9 Å².